The topological polar surface area (TPSA) is 93.8 Å². The molecule has 0 aliphatic carbocycles. The summed E-state index contributed by atoms with van der Waals surface area (Å²) in [6, 6.07) is 0.818. The lowest BCUT2D eigenvalue weighted by Crippen LogP contribution is -2.20. The number of carbonyl (C=O) groups excluding carboxylic acids is 1. The molecular formula is C4H5N5O. The summed E-state index contributed by atoms with van der Waals surface area (Å²) in [6.45, 7) is 0. The van der Waals surface area contributed by atoms with Gasteiger partial charge in [0.15, 0.2) is 5.82 Å². The van der Waals surface area contributed by atoms with Crippen LogP contribution in [-0.2, 0) is 0 Å². The Morgan fingerprint density at radius 3 is 3.00 bits per heavy atom. The Hall–Kier alpha value is -1.72. The highest BCUT2D eigenvalue weighted by atomic mass is 16.2. The van der Waals surface area contributed by atoms with Gasteiger partial charge in [-0.2, -0.15) is 0 Å². The SMILES string of the molecule is NC(=O)Nc1ccnnn1. The van der Waals surface area contributed by atoms with Gasteiger partial charge in [0.05, 0.1) is 6.20 Å². The summed E-state index contributed by atoms with van der Waals surface area (Å²) in [7, 11) is 0. The molecule has 3 N–H and O–H groups in total. The number of hydrogen-bond donors (Lipinski definition) is 2. The molecule has 6 heteroatoms. The number of carbonyl (C=O) groups is 1. The van der Waals surface area contributed by atoms with Crippen LogP contribution in [0.2, 0.25) is 0 Å². The number of amides is 2. The zero-order chi connectivity index (χ0) is 7.40. The minimum Gasteiger partial charge on any atom is -0.351 e. The van der Waals surface area contributed by atoms with E-state index in [1.165, 1.54) is 12.3 Å². The van der Waals surface area contributed by atoms with Crippen LogP contribution in [0.4, 0.5) is 10.6 Å². The van der Waals surface area contributed by atoms with Crippen LogP contribution in [0.5, 0.6) is 0 Å². The maximum atomic E-state index is 10.2. The molecular weight excluding hydrogens is 134 g/mol. The number of nitrogens with one attached hydrogen (secondary N) is 1. The second kappa shape index (κ2) is 2.72. The smallest absolute Gasteiger partial charge is 0.317 e. The van der Waals surface area contributed by atoms with Gasteiger partial charge in [-0.15, -0.1) is 10.2 Å². The third-order valence-corrected chi connectivity index (χ3v) is 0.754. The Labute approximate surface area is 56.4 Å². The van der Waals surface area contributed by atoms with Crippen molar-refractivity contribution >= 4 is 11.8 Å². The van der Waals surface area contributed by atoms with Crippen LogP contribution in [0.15, 0.2) is 12.3 Å². The predicted octanol–water partition coefficient (Wildman–Crippen LogP) is -0.638. The number of primary amides is 1. The first-order chi connectivity index (χ1) is 4.79. The lowest BCUT2D eigenvalue weighted by Gasteiger charge is -1.94. The first kappa shape index (κ1) is 6.40. The molecule has 1 aromatic rings. The molecule has 0 atom stereocenters. The van der Waals surface area contributed by atoms with Crippen LogP contribution in [0, 0.1) is 0 Å². The molecule has 0 aromatic carbocycles. The molecule has 0 radical (unpaired) electrons. The fraction of sp³-hybridized carbons (Fsp3) is 0. The number of nitrogens with two attached hydrogens (primary N) is 1. The minimum atomic E-state index is -0.666. The minimum absolute atomic E-state index is 0.294. The fourth-order valence-electron chi connectivity index (χ4n) is 0.434. The highest BCUT2D eigenvalue weighted by Crippen LogP contribution is 1.93. The third-order valence-electron chi connectivity index (χ3n) is 0.754. The molecule has 0 saturated heterocycles. The molecule has 1 heterocycles. The number of anilines is 1. The van der Waals surface area contributed by atoms with Crippen LogP contribution >= 0.6 is 0 Å². The molecule has 0 spiro atoms. The van der Waals surface area contributed by atoms with Crippen molar-refractivity contribution in [2.45, 2.75) is 0 Å². The second-order valence-electron chi connectivity index (χ2n) is 1.50. The monoisotopic (exact) mass is 139 g/mol. The molecule has 0 unspecified atom stereocenters. The van der Waals surface area contributed by atoms with E-state index in [-0.39, 0.29) is 0 Å². The highest BCUT2D eigenvalue weighted by Gasteiger charge is 1.94. The normalized spacial score (nSPS) is 8.80. The van der Waals surface area contributed by atoms with E-state index in [2.05, 4.69) is 20.7 Å². The van der Waals surface area contributed by atoms with Gasteiger partial charge in [-0.1, -0.05) is 0 Å². The van der Waals surface area contributed by atoms with Gasteiger partial charge < -0.3 is 5.73 Å². The molecule has 0 bridgehead atoms. The van der Waals surface area contributed by atoms with Crippen molar-refractivity contribution in [1.82, 2.24) is 15.4 Å². The van der Waals surface area contributed by atoms with Gasteiger partial charge in [-0.25, -0.2) is 4.79 Å². The fourth-order valence-corrected chi connectivity index (χ4v) is 0.434. The predicted molar refractivity (Wildman–Crippen MR) is 33.0 cm³/mol. The molecule has 1 rings (SSSR count). The molecule has 2 amide bonds. The zero-order valence-electron chi connectivity index (χ0n) is 4.98. The van der Waals surface area contributed by atoms with E-state index < -0.39 is 6.03 Å². The Morgan fingerprint density at radius 1 is 1.70 bits per heavy atom. The van der Waals surface area contributed by atoms with E-state index in [4.69, 9.17) is 5.73 Å². The van der Waals surface area contributed by atoms with Crippen LogP contribution in [0.3, 0.4) is 0 Å². The first-order valence-corrected chi connectivity index (χ1v) is 2.50. The quantitative estimate of drug-likeness (QED) is 0.541. The largest absolute Gasteiger partial charge is 0.351 e. The lowest BCUT2D eigenvalue weighted by molar-refractivity contribution is 0.259. The van der Waals surface area contributed by atoms with Crippen LogP contribution in [-0.4, -0.2) is 21.4 Å². The Balaban J connectivity index is 2.67. The standard InChI is InChI=1S/C4H5N5O/c5-4(10)7-3-1-2-6-9-8-3/h1-2H,(H3,5,6,7,8,10). The average molecular weight is 139 g/mol. The second-order valence-corrected chi connectivity index (χ2v) is 1.50. The highest BCUT2D eigenvalue weighted by molar-refractivity contribution is 5.86. The van der Waals surface area contributed by atoms with Gasteiger partial charge in [0, 0.05) is 6.07 Å². The number of hydrogen-bond acceptors (Lipinski definition) is 4. The van der Waals surface area contributed by atoms with Crippen molar-refractivity contribution in [1.29, 1.82) is 0 Å². The number of nitrogens with zero attached hydrogens (tertiary/aromatic N) is 3. The zero-order valence-corrected chi connectivity index (χ0v) is 4.98. The summed E-state index contributed by atoms with van der Waals surface area (Å²) in [5.41, 5.74) is 4.79. The van der Waals surface area contributed by atoms with E-state index >= 15 is 0 Å². The van der Waals surface area contributed by atoms with Gasteiger partial charge in [0.2, 0.25) is 0 Å². The maximum Gasteiger partial charge on any atom is 0.317 e. The number of rotatable bonds is 1. The van der Waals surface area contributed by atoms with Gasteiger partial charge in [-0.05, 0) is 5.21 Å². The van der Waals surface area contributed by atoms with Gasteiger partial charge in [0.1, 0.15) is 0 Å². The van der Waals surface area contributed by atoms with Crippen LogP contribution in [0.1, 0.15) is 0 Å². The summed E-state index contributed by atoms with van der Waals surface area (Å²) in [6.07, 6.45) is 1.40. The number of aromatic nitrogens is 3. The summed E-state index contributed by atoms with van der Waals surface area (Å²) in [4.78, 5) is 10.2. The Bertz CT molecular complexity index is 222. The Kier molecular flexibility index (Phi) is 1.74. The van der Waals surface area contributed by atoms with Gasteiger partial charge in [0.25, 0.3) is 0 Å². The van der Waals surface area contributed by atoms with E-state index in [0.29, 0.717) is 5.82 Å². The maximum absolute atomic E-state index is 10.2. The number of urea groups is 1. The van der Waals surface area contributed by atoms with E-state index in [9.17, 15) is 4.79 Å². The first-order valence-electron chi connectivity index (χ1n) is 2.50. The molecule has 0 saturated carbocycles. The van der Waals surface area contributed by atoms with E-state index in [1.54, 1.807) is 0 Å². The van der Waals surface area contributed by atoms with Gasteiger partial charge in [-0.3, -0.25) is 5.32 Å². The molecule has 0 fully saturated rings. The molecule has 10 heavy (non-hydrogen) atoms. The summed E-state index contributed by atoms with van der Waals surface area (Å²) in [5, 5.41) is 12.3. The van der Waals surface area contributed by atoms with Crippen molar-refractivity contribution in [2.24, 2.45) is 5.73 Å². The molecule has 0 aliphatic heterocycles. The molecule has 1 aromatic heterocycles. The van der Waals surface area contributed by atoms with Crippen molar-refractivity contribution in [3.63, 3.8) is 0 Å². The summed E-state index contributed by atoms with van der Waals surface area (Å²) < 4.78 is 0. The molecule has 52 valence electrons. The van der Waals surface area contributed by atoms with Crippen molar-refractivity contribution in [3.8, 4) is 0 Å². The van der Waals surface area contributed by atoms with Crippen molar-refractivity contribution in [3.05, 3.63) is 12.3 Å². The molecule has 6 nitrogen and oxygen atoms in total. The van der Waals surface area contributed by atoms with Crippen molar-refractivity contribution < 1.29 is 4.79 Å². The van der Waals surface area contributed by atoms with E-state index in [1.807, 2.05) is 0 Å². The Morgan fingerprint density at radius 2 is 2.50 bits per heavy atom. The lowest BCUT2D eigenvalue weighted by atomic mass is 10.6. The van der Waals surface area contributed by atoms with Crippen LogP contribution < -0.4 is 11.1 Å². The van der Waals surface area contributed by atoms with E-state index in [0.717, 1.165) is 0 Å². The summed E-state index contributed by atoms with van der Waals surface area (Å²) in [5.74, 6) is 0.294. The van der Waals surface area contributed by atoms with Crippen molar-refractivity contribution in [2.75, 3.05) is 5.32 Å². The average Bonchev–Trinajstić information content (AvgIpc) is 1.88. The molecule has 0 aliphatic rings. The summed E-state index contributed by atoms with van der Waals surface area (Å²) >= 11 is 0. The van der Waals surface area contributed by atoms with Crippen LogP contribution in [0.25, 0.3) is 0 Å². The van der Waals surface area contributed by atoms with Gasteiger partial charge >= 0.3 is 6.03 Å². The third kappa shape index (κ3) is 1.66.